The summed E-state index contributed by atoms with van der Waals surface area (Å²) in [5, 5.41) is 0. The molecule has 0 aromatic heterocycles. The quantitative estimate of drug-likeness (QED) is 0.475. The van der Waals surface area contributed by atoms with Crippen molar-refractivity contribution in [2.75, 3.05) is 0 Å². The summed E-state index contributed by atoms with van der Waals surface area (Å²) >= 11 is 0. The molecule has 0 unspecified atom stereocenters. The van der Waals surface area contributed by atoms with E-state index in [1.807, 2.05) is 0 Å². The summed E-state index contributed by atoms with van der Waals surface area (Å²) in [6.07, 6.45) is 11.2. The van der Waals surface area contributed by atoms with Gasteiger partial charge in [0.15, 0.2) is 0 Å². The maximum absolute atomic E-state index is 3.54. The van der Waals surface area contributed by atoms with Crippen LogP contribution in [0.3, 0.4) is 0 Å². The summed E-state index contributed by atoms with van der Waals surface area (Å²) < 4.78 is 0. The largest absolute Gasteiger partial charge is 0.0945 e. The van der Waals surface area contributed by atoms with Crippen LogP contribution in [-0.4, -0.2) is 0 Å². The summed E-state index contributed by atoms with van der Waals surface area (Å²) in [6.45, 7) is 4.49. The van der Waals surface area contributed by atoms with Crippen molar-refractivity contribution >= 4 is 0 Å². The highest BCUT2D eigenvalue weighted by Gasteiger charge is 2.21. The molecule has 27 heavy (non-hydrogen) atoms. The van der Waals surface area contributed by atoms with E-state index in [4.69, 9.17) is 0 Å². The standard InChI is InChI=1S/C27H34/c1-3-5-7-23-14-18-26(19-15-23)27-20-16-25(17-21-27)13-12-24-10-8-22(6-4-2)9-11-24/h8-11,14-15,18-19,25,27H,3-7,16-17,20-21H2,1-2H3. The van der Waals surface area contributed by atoms with Crippen LogP contribution >= 0.6 is 0 Å². The minimum atomic E-state index is 0.570. The molecule has 3 rings (SSSR count). The molecule has 142 valence electrons. The van der Waals surface area contributed by atoms with Gasteiger partial charge in [0.05, 0.1) is 0 Å². The van der Waals surface area contributed by atoms with Crippen molar-refractivity contribution in [3.8, 4) is 11.8 Å². The molecule has 0 N–H and O–H groups in total. The highest BCUT2D eigenvalue weighted by Crippen LogP contribution is 2.35. The van der Waals surface area contributed by atoms with Gasteiger partial charge in [-0.2, -0.15) is 0 Å². The van der Waals surface area contributed by atoms with E-state index in [1.165, 1.54) is 73.6 Å². The minimum Gasteiger partial charge on any atom is -0.0945 e. The fourth-order valence-corrected chi connectivity index (χ4v) is 4.14. The number of rotatable bonds is 6. The molecule has 1 aliphatic carbocycles. The molecular weight excluding hydrogens is 324 g/mol. The summed E-state index contributed by atoms with van der Waals surface area (Å²) in [4.78, 5) is 0. The lowest BCUT2D eigenvalue weighted by Gasteiger charge is -2.26. The van der Waals surface area contributed by atoms with Crippen molar-refractivity contribution in [1.29, 1.82) is 0 Å². The van der Waals surface area contributed by atoms with Crippen molar-refractivity contribution in [2.24, 2.45) is 5.92 Å². The Hall–Kier alpha value is -2.00. The Morgan fingerprint density at radius 2 is 1.37 bits per heavy atom. The Morgan fingerprint density at radius 1 is 0.741 bits per heavy atom. The number of aryl methyl sites for hydroxylation is 2. The van der Waals surface area contributed by atoms with Crippen LogP contribution in [0.4, 0.5) is 0 Å². The van der Waals surface area contributed by atoms with Gasteiger partial charge >= 0.3 is 0 Å². The normalized spacial score (nSPS) is 19.3. The van der Waals surface area contributed by atoms with E-state index in [-0.39, 0.29) is 0 Å². The van der Waals surface area contributed by atoms with Gasteiger partial charge in [0.1, 0.15) is 0 Å². The molecule has 0 spiro atoms. The third-order valence-electron chi connectivity index (χ3n) is 5.91. The zero-order valence-corrected chi connectivity index (χ0v) is 17.1. The Balaban J connectivity index is 1.50. The highest BCUT2D eigenvalue weighted by atomic mass is 14.2. The summed E-state index contributed by atoms with van der Waals surface area (Å²) in [7, 11) is 0. The van der Waals surface area contributed by atoms with E-state index < -0.39 is 0 Å². The lowest BCUT2D eigenvalue weighted by atomic mass is 9.78. The predicted molar refractivity (Wildman–Crippen MR) is 117 cm³/mol. The molecule has 0 nitrogen and oxygen atoms in total. The number of hydrogen-bond donors (Lipinski definition) is 0. The average molecular weight is 359 g/mol. The Morgan fingerprint density at radius 3 is 2.00 bits per heavy atom. The highest BCUT2D eigenvalue weighted by molar-refractivity contribution is 5.37. The molecule has 0 amide bonds. The van der Waals surface area contributed by atoms with Gasteiger partial charge in [0.25, 0.3) is 0 Å². The van der Waals surface area contributed by atoms with E-state index >= 15 is 0 Å². The van der Waals surface area contributed by atoms with E-state index in [0.717, 1.165) is 12.3 Å². The van der Waals surface area contributed by atoms with Crippen LogP contribution in [0.15, 0.2) is 48.5 Å². The van der Waals surface area contributed by atoms with Crippen molar-refractivity contribution in [1.82, 2.24) is 0 Å². The van der Waals surface area contributed by atoms with E-state index in [0.29, 0.717) is 5.92 Å². The van der Waals surface area contributed by atoms with Gasteiger partial charge in [-0.1, -0.05) is 74.9 Å². The zero-order chi connectivity index (χ0) is 18.9. The molecule has 0 heteroatoms. The second-order valence-corrected chi connectivity index (χ2v) is 8.11. The lowest BCUT2D eigenvalue weighted by molar-refractivity contribution is 0.384. The lowest BCUT2D eigenvalue weighted by Crippen LogP contribution is -2.12. The van der Waals surface area contributed by atoms with Crippen LogP contribution in [0, 0.1) is 17.8 Å². The first-order chi connectivity index (χ1) is 13.3. The van der Waals surface area contributed by atoms with Gasteiger partial charge in [0.2, 0.25) is 0 Å². The summed E-state index contributed by atoms with van der Waals surface area (Å²) in [6, 6.07) is 18.3. The van der Waals surface area contributed by atoms with Crippen molar-refractivity contribution in [2.45, 2.75) is 77.6 Å². The van der Waals surface area contributed by atoms with Gasteiger partial charge < -0.3 is 0 Å². The fourth-order valence-electron chi connectivity index (χ4n) is 4.14. The number of hydrogen-bond acceptors (Lipinski definition) is 0. The molecule has 1 aliphatic rings. The molecule has 0 bridgehead atoms. The van der Waals surface area contributed by atoms with Crippen molar-refractivity contribution in [3.63, 3.8) is 0 Å². The fraction of sp³-hybridized carbons (Fsp3) is 0.481. The Kier molecular flexibility index (Phi) is 7.58. The zero-order valence-electron chi connectivity index (χ0n) is 17.1. The van der Waals surface area contributed by atoms with Gasteiger partial charge in [-0.15, -0.1) is 0 Å². The first-order valence-corrected chi connectivity index (χ1v) is 11.0. The van der Waals surface area contributed by atoms with E-state index in [9.17, 15) is 0 Å². The molecule has 2 aromatic carbocycles. The van der Waals surface area contributed by atoms with Crippen LogP contribution in [0.2, 0.25) is 0 Å². The molecule has 0 radical (unpaired) electrons. The second kappa shape index (κ2) is 10.4. The number of unbranched alkanes of at least 4 members (excludes halogenated alkanes) is 1. The van der Waals surface area contributed by atoms with Gasteiger partial charge in [-0.3, -0.25) is 0 Å². The van der Waals surface area contributed by atoms with Crippen LogP contribution in [0.25, 0.3) is 0 Å². The second-order valence-electron chi connectivity index (χ2n) is 8.11. The van der Waals surface area contributed by atoms with Crippen LogP contribution in [0.1, 0.15) is 87.0 Å². The molecule has 2 aromatic rings. The summed E-state index contributed by atoms with van der Waals surface area (Å²) in [5.41, 5.74) is 5.61. The first kappa shape index (κ1) is 19.8. The molecule has 0 atom stereocenters. The monoisotopic (exact) mass is 358 g/mol. The van der Waals surface area contributed by atoms with E-state index in [2.05, 4.69) is 74.2 Å². The molecule has 1 saturated carbocycles. The smallest absolute Gasteiger partial charge is 0.0245 e. The Bertz CT molecular complexity index is 731. The maximum Gasteiger partial charge on any atom is 0.0245 e. The number of benzene rings is 2. The predicted octanol–water partition coefficient (Wildman–Crippen LogP) is 7.31. The Labute approximate surface area is 166 Å². The summed E-state index contributed by atoms with van der Waals surface area (Å²) in [5.74, 6) is 8.26. The minimum absolute atomic E-state index is 0.570. The van der Waals surface area contributed by atoms with Crippen molar-refractivity contribution < 1.29 is 0 Å². The van der Waals surface area contributed by atoms with Gasteiger partial charge in [-0.25, -0.2) is 0 Å². The molecular formula is C27H34. The molecule has 0 saturated heterocycles. The van der Waals surface area contributed by atoms with Crippen LogP contribution < -0.4 is 0 Å². The first-order valence-electron chi connectivity index (χ1n) is 11.0. The topological polar surface area (TPSA) is 0 Å². The third kappa shape index (κ3) is 6.00. The average Bonchev–Trinajstić information content (AvgIpc) is 2.73. The molecule has 0 aliphatic heterocycles. The van der Waals surface area contributed by atoms with Crippen LogP contribution in [0.5, 0.6) is 0 Å². The van der Waals surface area contributed by atoms with Gasteiger partial charge in [-0.05, 0) is 79.7 Å². The third-order valence-corrected chi connectivity index (χ3v) is 5.91. The SMILES string of the molecule is CCCCc1ccc(C2CCC(C#Cc3ccc(CCC)cc3)CC2)cc1. The molecule has 1 fully saturated rings. The van der Waals surface area contributed by atoms with E-state index in [1.54, 1.807) is 0 Å². The molecule has 0 heterocycles. The van der Waals surface area contributed by atoms with Gasteiger partial charge in [0, 0.05) is 11.5 Å². The maximum atomic E-state index is 3.54. The van der Waals surface area contributed by atoms with Crippen LogP contribution in [-0.2, 0) is 12.8 Å². The van der Waals surface area contributed by atoms with Crippen molar-refractivity contribution in [3.05, 3.63) is 70.8 Å².